The van der Waals surface area contributed by atoms with E-state index in [2.05, 4.69) is 5.32 Å². The van der Waals surface area contributed by atoms with E-state index in [4.69, 9.17) is 4.74 Å². The van der Waals surface area contributed by atoms with E-state index in [1.54, 1.807) is 4.90 Å². The molecule has 1 N–H and O–H groups in total. The number of ether oxygens (including phenoxy) is 1. The van der Waals surface area contributed by atoms with Gasteiger partial charge >= 0.3 is 6.03 Å². The minimum absolute atomic E-state index is 0.0434. The first-order chi connectivity index (χ1) is 14.5. The maximum absolute atomic E-state index is 13.3. The van der Waals surface area contributed by atoms with E-state index >= 15 is 0 Å². The van der Waals surface area contributed by atoms with Gasteiger partial charge in [0.2, 0.25) is 11.8 Å². The zero-order valence-corrected chi connectivity index (χ0v) is 18.1. The number of carbonyl (C=O) groups is 3. The number of carbonyl (C=O) groups excluding carboxylic acids is 3. The Kier molecular flexibility index (Phi) is 6.15. The highest BCUT2D eigenvalue weighted by Crippen LogP contribution is 2.46. The Bertz CT molecular complexity index is 866. The monoisotopic (exact) mass is 429 g/mol. The van der Waals surface area contributed by atoms with Crippen LogP contribution in [0.3, 0.4) is 0 Å². The number of imide groups is 1. The minimum atomic E-state index is -0.414. The van der Waals surface area contributed by atoms with Crippen molar-refractivity contribution in [1.29, 1.82) is 0 Å². The predicted molar refractivity (Wildman–Crippen MR) is 114 cm³/mol. The second kappa shape index (κ2) is 8.81. The third-order valence-electron chi connectivity index (χ3n) is 5.97. The molecule has 4 amide bonds. The van der Waals surface area contributed by atoms with Gasteiger partial charge in [0, 0.05) is 13.2 Å². The fourth-order valence-corrected chi connectivity index (χ4v) is 5.59. The van der Waals surface area contributed by atoms with Gasteiger partial charge in [-0.25, -0.2) is 4.79 Å². The number of hydrogen-bond acceptors (Lipinski definition) is 5. The van der Waals surface area contributed by atoms with E-state index in [-0.39, 0.29) is 36.4 Å². The summed E-state index contributed by atoms with van der Waals surface area (Å²) in [5.41, 5.74) is 1.86. The van der Waals surface area contributed by atoms with Crippen LogP contribution in [0.5, 0.6) is 0 Å². The molecule has 0 bridgehead atoms. The van der Waals surface area contributed by atoms with E-state index in [0.717, 1.165) is 35.5 Å². The van der Waals surface area contributed by atoms with Crippen LogP contribution in [0, 0.1) is 5.92 Å². The Labute approximate surface area is 180 Å². The molecule has 30 heavy (non-hydrogen) atoms. The van der Waals surface area contributed by atoms with Gasteiger partial charge in [-0.2, -0.15) is 0 Å². The van der Waals surface area contributed by atoms with Gasteiger partial charge in [-0.15, -0.1) is 11.8 Å². The third kappa shape index (κ3) is 4.11. The SMILES string of the molecule is CC1=C(C)C2C(=O)N(Cc3ccccc3)C(=O)N(CC(=O)NCC3CCCO3)C2S1. The zero-order chi connectivity index (χ0) is 21.3. The van der Waals surface area contributed by atoms with Crippen LogP contribution in [0.4, 0.5) is 4.79 Å². The highest BCUT2D eigenvalue weighted by molar-refractivity contribution is 8.03. The lowest BCUT2D eigenvalue weighted by Gasteiger charge is -2.41. The second-order valence-corrected chi connectivity index (χ2v) is 9.32. The molecule has 4 rings (SSSR count). The molecule has 0 aromatic heterocycles. The first-order valence-electron chi connectivity index (χ1n) is 10.3. The quantitative estimate of drug-likeness (QED) is 0.752. The predicted octanol–water partition coefficient (Wildman–Crippen LogP) is 2.73. The minimum Gasteiger partial charge on any atom is -0.376 e. The van der Waals surface area contributed by atoms with E-state index in [1.165, 1.54) is 16.7 Å². The Hall–Kier alpha value is -2.32. The Balaban J connectivity index is 1.51. The van der Waals surface area contributed by atoms with Crippen molar-refractivity contribution in [3.63, 3.8) is 0 Å². The van der Waals surface area contributed by atoms with Crippen LogP contribution in [-0.2, 0) is 20.9 Å². The van der Waals surface area contributed by atoms with Crippen molar-refractivity contribution in [2.75, 3.05) is 19.7 Å². The normalized spacial score (nSPS) is 26.4. The van der Waals surface area contributed by atoms with Crippen LogP contribution in [0.1, 0.15) is 32.3 Å². The third-order valence-corrected chi connectivity index (χ3v) is 7.41. The fraction of sp³-hybridized carbons (Fsp3) is 0.500. The lowest BCUT2D eigenvalue weighted by molar-refractivity contribution is -0.137. The van der Waals surface area contributed by atoms with Crippen molar-refractivity contribution in [2.45, 2.75) is 44.7 Å². The van der Waals surface area contributed by atoms with Crippen molar-refractivity contribution >= 4 is 29.6 Å². The summed E-state index contributed by atoms with van der Waals surface area (Å²) in [6.45, 7) is 5.22. The number of amides is 4. The maximum Gasteiger partial charge on any atom is 0.328 e. The lowest BCUT2D eigenvalue weighted by atomic mass is 9.95. The van der Waals surface area contributed by atoms with E-state index in [0.29, 0.717) is 6.54 Å². The van der Waals surface area contributed by atoms with Crippen LogP contribution >= 0.6 is 11.8 Å². The topological polar surface area (TPSA) is 79.0 Å². The van der Waals surface area contributed by atoms with Crippen molar-refractivity contribution in [3.05, 3.63) is 46.4 Å². The number of nitrogens with one attached hydrogen (secondary N) is 1. The van der Waals surface area contributed by atoms with Gasteiger partial charge in [0.1, 0.15) is 6.54 Å². The van der Waals surface area contributed by atoms with E-state index in [1.807, 2.05) is 44.2 Å². The first-order valence-corrected chi connectivity index (χ1v) is 11.2. The molecule has 3 heterocycles. The summed E-state index contributed by atoms with van der Waals surface area (Å²) < 4.78 is 5.55. The average Bonchev–Trinajstić information content (AvgIpc) is 3.36. The van der Waals surface area contributed by atoms with Crippen LogP contribution in [0.15, 0.2) is 40.8 Å². The maximum atomic E-state index is 13.3. The highest BCUT2D eigenvalue weighted by Gasteiger charge is 2.51. The molecule has 0 radical (unpaired) electrons. The van der Waals surface area contributed by atoms with Crippen LogP contribution in [0.25, 0.3) is 0 Å². The molecule has 1 aromatic carbocycles. The smallest absolute Gasteiger partial charge is 0.328 e. The molecule has 1 aromatic rings. The Morgan fingerprint density at radius 3 is 2.70 bits per heavy atom. The first kappa shape index (κ1) is 20.9. The largest absolute Gasteiger partial charge is 0.376 e. The molecule has 2 saturated heterocycles. The second-order valence-electron chi connectivity index (χ2n) is 7.98. The molecule has 2 fully saturated rings. The number of fused-ring (bicyclic) bond motifs is 1. The number of thioether (sulfide) groups is 1. The Morgan fingerprint density at radius 1 is 1.23 bits per heavy atom. The van der Waals surface area contributed by atoms with Crippen molar-refractivity contribution in [3.8, 4) is 0 Å². The Morgan fingerprint density at radius 2 is 2.00 bits per heavy atom. The van der Waals surface area contributed by atoms with Crippen LogP contribution in [0.2, 0.25) is 0 Å². The molecule has 3 aliphatic heterocycles. The summed E-state index contributed by atoms with van der Waals surface area (Å²) in [6.07, 6.45) is 1.99. The molecule has 0 aliphatic carbocycles. The fourth-order valence-electron chi connectivity index (χ4n) is 4.16. The number of nitrogens with zero attached hydrogens (tertiary/aromatic N) is 2. The van der Waals surface area contributed by atoms with Gasteiger partial charge in [0.15, 0.2) is 0 Å². The summed E-state index contributed by atoms with van der Waals surface area (Å²) in [4.78, 5) is 43.0. The van der Waals surface area contributed by atoms with Crippen molar-refractivity contribution in [2.24, 2.45) is 5.92 Å². The number of benzene rings is 1. The molecule has 0 saturated carbocycles. The van der Waals surface area contributed by atoms with Gasteiger partial charge in [-0.1, -0.05) is 30.3 Å². The van der Waals surface area contributed by atoms with Crippen LogP contribution in [-0.4, -0.2) is 58.8 Å². The zero-order valence-electron chi connectivity index (χ0n) is 17.3. The molecule has 3 aliphatic rings. The van der Waals surface area contributed by atoms with Gasteiger partial charge in [0.25, 0.3) is 0 Å². The summed E-state index contributed by atoms with van der Waals surface area (Å²) in [5, 5.41) is 2.52. The van der Waals surface area contributed by atoms with Gasteiger partial charge in [-0.05, 0) is 42.7 Å². The van der Waals surface area contributed by atoms with Crippen LogP contribution < -0.4 is 5.32 Å². The van der Waals surface area contributed by atoms with Gasteiger partial charge in [0.05, 0.1) is 23.9 Å². The standard InChI is InChI=1S/C22H27N3O4S/c1-14-15(2)30-21-19(14)20(27)24(12-16-7-4-3-5-8-16)22(28)25(21)13-18(26)23-11-17-9-6-10-29-17/h3-5,7-8,17,19,21H,6,9-13H2,1-2H3,(H,23,26). The van der Waals surface area contributed by atoms with Crippen molar-refractivity contribution in [1.82, 2.24) is 15.1 Å². The highest BCUT2D eigenvalue weighted by atomic mass is 32.2. The van der Waals surface area contributed by atoms with Crippen molar-refractivity contribution < 1.29 is 19.1 Å². The van der Waals surface area contributed by atoms with Gasteiger partial charge in [-0.3, -0.25) is 14.5 Å². The molecule has 7 nitrogen and oxygen atoms in total. The van der Waals surface area contributed by atoms with E-state index in [9.17, 15) is 14.4 Å². The molecule has 160 valence electrons. The summed E-state index contributed by atoms with van der Waals surface area (Å²) in [6, 6.07) is 9.04. The molecule has 3 unspecified atom stereocenters. The number of hydrogen-bond donors (Lipinski definition) is 1. The van der Waals surface area contributed by atoms with E-state index < -0.39 is 11.9 Å². The molecular formula is C22H27N3O4S. The lowest BCUT2D eigenvalue weighted by Crippen LogP contribution is -2.61. The van der Waals surface area contributed by atoms with Gasteiger partial charge < -0.3 is 15.0 Å². The number of urea groups is 1. The number of rotatable bonds is 6. The average molecular weight is 430 g/mol. The summed E-state index contributed by atoms with van der Waals surface area (Å²) in [5.74, 6) is -0.830. The molecule has 0 spiro atoms. The number of allylic oxidation sites excluding steroid dienone is 1. The molecular weight excluding hydrogens is 402 g/mol. The summed E-state index contributed by atoms with van der Waals surface area (Å²) >= 11 is 1.50. The summed E-state index contributed by atoms with van der Waals surface area (Å²) in [7, 11) is 0. The molecule has 8 heteroatoms. The molecule has 3 atom stereocenters.